The first-order valence-electron chi connectivity index (χ1n) is 8.11. The van der Waals surface area contributed by atoms with Crippen molar-refractivity contribution in [2.45, 2.75) is 20.0 Å². The summed E-state index contributed by atoms with van der Waals surface area (Å²) < 4.78 is 0. The number of benzene rings is 2. The molecule has 0 unspecified atom stereocenters. The Labute approximate surface area is 142 Å². The van der Waals surface area contributed by atoms with Gasteiger partial charge in [-0.25, -0.2) is 0 Å². The highest BCUT2D eigenvalue weighted by Gasteiger charge is 2.10. The van der Waals surface area contributed by atoms with E-state index in [-0.39, 0.29) is 0 Å². The number of rotatable bonds is 7. The molecule has 5 heteroatoms. The normalized spacial score (nSPS) is 10.4. The van der Waals surface area contributed by atoms with Crippen LogP contribution in [0.1, 0.15) is 18.1 Å². The molecule has 1 aromatic heterocycles. The van der Waals surface area contributed by atoms with Crippen LogP contribution < -0.4 is 10.2 Å². The number of aromatic nitrogens is 3. The second-order valence-electron chi connectivity index (χ2n) is 5.48. The van der Waals surface area contributed by atoms with Gasteiger partial charge < -0.3 is 10.2 Å². The summed E-state index contributed by atoms with van der Waals surface area (Å²) in [6, 6.07) is 20.5. The number of hydrogen-bond acceptors (Lipinski definition) is 5. The van der Waals surface area contributed by atoms with Crippen LogP contribution in [0, 0.1) is 0 Å². The molecular formula is C19H21N5. The van der Waals surface area contributed by atoms with Crippen LogP contribution in [0.25, 0.3) is 0 Å². The van der Waals surface area contributed by atoms with Gasteiger partial charge in [-0.2, -0.15) is 10.1 Å². The first kappa shape index (κ1) is 15.9. The standard InChI is InChI=1S/C19H21N5/c1-2-24(15-17-11-7-4-8-12-17)19-22-18(14-21-23-19)20-13-16-9-5-3-6-10-16/h3-12,14H,2,13,15H2,1H3,(H,20,22,23). The fraction of sp³-hybridized carbons (Fsp3) is 0.211. The second-order valence-corrected chi connectivity index (χ2v) is 5.48. The second kappa shape index (κ2) is 8.06. The van der Waals surface area contributed by atoms with Gasteiger partial charge in [0.05, 0.1) is 6.20 Å². The molecule has 3 rings (SSSR count). The van der Waals surface area contributed by atoms with Crippen molar-refractivity contribution < 1.29 is 0 Å². The molecule has 3 aromatic rings. The van der Waals surface area contributed by atoms with E-state index in [0.29, 0.717) is 12.5 Å². The Morgan fingerprint density at radius 2 is 1.58 bits per heavy atom. The summed E-state index contributed by atoms with van der Waals surface area (Å²) in [7, 11) is 0. The lowest BCUT2D eigenvalue weighted by molar-refractivity contribution is 0.769. The molecule has 0 fully saturated rings. The molecule has 0 amide bonds. The van der Waals surface area contributed by atoms with E-state index in [1.807, 2.05) is 36.4 Å². The molecule has 0 saturated carbocycles. The summed E-state index contributed by atoms with van der Waals surface area (Å²) in [6.07, 6.45) is 1.66. The zero-order valence-corrected chi connectivity index (χ0v) is 13.8. The van der Waals surface area contributed by atoms with Gasteiger partial charge in [-0.1, -0.05) is 60.7 Å². The van der Waals surface area contributed by atoms with Crippen LogP contribution in [0.5, 0.6) is 0 Å². The maximum atomic E-state index is 4.60. The monoisotopic (exact) mass is 319 g/mol. The molecule has 0 radical (unpaired) electrons. The molecule has 2 aromatic carbocycles. The summed E-state index contributed by atoms with van der Waals surface area (Å²) in [5, 5.41) is 11.6. The maximum Gasteiger partial charge on any atom is 0.247 e. The molecule has 0 bridgehead atoms. The van der Waals surface area contributed by atoms with Crippen molar-refractivity contribution >= 4 is 11.8 Å². The molecule has 0 spiro atoms. The van der Waals surface area contributed by atoms with Gasteiger partial charge >= 0.3 is 0 Å². The van der Waals surface area contributed by atoms with Crippen LogP contribution in [0.4, 0.5) is 11.8 Å². The molecule has 5 nitrogen and oxygen atoms in total. The lowest BCUT2D eigenvalue weighted by Crippen LogP contribution is -2.25. The topological polar surface area (TPSA) is 53.9 Å². The summed E-state index contributed by atoms with van der Waals surface area (Å²) in [5.41, 5.74) is 2.43. The average Bonchev–Trinajstić information content (AvgIpc) is 2.66. The predicted molar refractivity (Wildman–Crippen MR) is 96.8 cm³/mol. The van der Waals surface area contributed by atoms with Crippen molar-refractivity contribution in [3.63, 3.8) is 0 Å². The van der Waals surface area contributed by atoms with Gasteiger partial charge in [-0.05, 0) is 18.1 Å². The van der Waals surface area contributed by atoms with E-state index < -0.39 is 0 Å². The van der Waals surface area contributed by atoms with Crippen LogP contribution >= 0.6 is 0 Å². The number of anilines is 2. The highest BCUT2D eigenvalue weighted by atomic mass is 15.3. The Balaban J connectivity index is 1.69. The molecule has 0 atom stereocenters. The van der Waals surface area contributed by atoms with E-state index >= 15 is 0 Å². The largest absolute Gasteiger partial charge is 0.365 e. The molecule has 0 saturated heterocycles. The van der Waals surface area contributed by atoms with Crippen LogP contribution in [0.15, 0.2) is 66.9 Å². The minimum Gasteiger partial charge on any atom is -0.365 e. The number of hydrogen-bond donors (Lipinski definition) is 1. The number of nitrogens with zero attached hydrogens (tertiary/aromatic N) is 4. The van der Waals surface area contributed by atoms with Crippen LogP contribution in [-0.4, -0.2) is 21.7 Å². The van der Waals surface area contributed by atoms with Crippen LogP contribution in [-0.2, 0) is 13.1 Å². The van der Waals surface area contributed by atoms with Crippen LogP contribution in [0.3, 0.4) is 0 Å². The highest BCUT2D eigenvalue weighted by molar-refractivity contribution is 5.40. The molecule has 122 valence electrons. The smallest absolute Gasteiger partial charge is 0.247 e. The summed E-state index contributed by atoms with van der Waals surface area (Å²) in [5.74, 6) is 1.37. The van der Waals surface area contributed by atoms with E-state index in [1.54, 1.807) is 6.20 Å². The van der Waals surface area contributed by atoms with Gasteiger partial charge in [-0.15, -0.1) is 5.10 Å². The van der Waals surface area contributed by atoms with Gasteiger partial charge in [0.15, 0.2) is 5.82 Å². The zero-order valence-electron chi connectivity index (χ0n) is 13.8. The quantitative estimate of drug-likeness (QED) is 0.722. The summed E-state index contributed by atoms with van der Waals surface area (Å²) >= 11 is 0. The van der Waals surface area contributed by atoms with Gasteiger partial charge in [0.1, 0.15) is 0 Å². The fourth-order valence-electron chi connectivity index (χ4n) is 2.43. The average molecular weight is 319 g/mol. The minimum absolute atomic E-state index is 0.638. The first-order chi connectivity index (χ1) is 11.8. The van der Waals surface area contributed by atoms with Crippen LogP contribution in [0.2, 0.25) is 0 Å². The Bertz CT molecular complexity index is 746. The Morgan fingerprint density at radius 3 is 2.25 bits per heavy atom. The van der Waals surface area contributed by atoms with Crippen molar-refractivity contribution in [2.75, 3.05) is 16.8 Å². The van der Waals surface area contributed by atoms with Crippen molar-refractivity contribution in [1.29, 1.82) is 0 Å². The van der Waals surface area contributed by atoms with E-state index in [9.17, 15) is 0 Å². The number of nitrogens with one attached hydrogen (secondary N) is 1. The van der Waals surface area contributed by atoms with E-state index in [1.165, 1.54) is 11.1 Å². The third-order valence-electron chi connectivity index (χ3n) is 3.74. The third-order valence-corrected chi connectivity index (χ3v) is 3.74. The SMILES string of the molecule is CCN(Cc1ccccc1)c1nncc(NCc2ccccc2)n1. The van der Waals surface area contributed by atoms with Crippen molar-refractivity contribution in [1.82, 2.24) is 15.2 Å². The molecule has 1 heterocycles. The molecule has 0 aliphatic carbocycles. The lowest BCUT2D eigenvalue weighted by atomic mass is 10.2. The van der Waals surface area contributed by atoms with E-state index in [4.69, 9.17) is 0 Å². The van der Waals surface area contributed by atoms with E-state index in [2.05, 4.69) is 56.6 Å². The third kappa shape index (κ3) is 4.29. The predicted octanol–water partition coefficient (Wildman–Crippen LogP) is 3.51. The highest BCUT2D eigenvalue weighted by Crippen LogP contribution is 2.13. The summed E-state index contributed by atoms with van der Waals surface area (Å²) in [4.78, 5) is 6.70. The van der Waals surface area contributed by atoms with Gasteiger partial charge in [0.25, 0.3) is 0 Å². The van der Waals surface area contributed by atoms with Gasteiger partial charge in [-0.3, -0.25) is 0 Å². The minimum atomic E-state index is 0.638. The van der Waals surface area contributed by atoms with Gasteiger partial charge in [0.2, 0.25) is 5.95 Å². The Morgan fingerprint density at radius 1 is 0.917 bits per heavy atom. The maximum absolute atomic E-state index is 4.60. The lowest BCUT2D eigenvalue weighted by Gasteiger charge is -2.20. The molecule has 24 heavy (non-hydrogen) atoms. The molecular weight excluding hydrogens is 298 g/mol. The van der Waals surface area contributed by atoms with Gasteiger partial charge in [0, 0.05) is 19.6 Å². The van der Waals surface area contributed by atoms with E-state index in [0.717, 1.165) is 18.9 Å². The Kier molecular flexibility index (Phi) is 5.35. The Hall–Kier alpha value is -2.95. The first-order valence-corrected chi connectivity index (χ1v) is 8.11. The van der Waals surface area contributed by atoms with Crippen molar-refractivity contribution in [2.24, 2.45) is 0 Å². The summed E-state index contributed by atoms with van der Waals surface area (Å²) in [6.45, 7) is 4.39. The van der Waals surface area contributed by atoms with Crippen molar-refractivity contribution in [3.8, 4) is 0 Å². The molecule has 0 aliphatic heterocycles. The zero-order chi connectivity index (χ0) is 16.6. The molecule has 0 aliphatic rings. The fourth-order valence-corrected chi connectivity index (χ4v) is 2.43. The van der Waals surface area contributed by atoms with Crippen molar-refractivity contribution in [3.05, 3.63) is 78.0 Å². The molecule has 1 N–H and O–H groups in total.